The van der Waals surface area contributed by atoms with Gasteiger partial charge in [0.1, 0.15) is 0 Å². The zero-order valence-corrected chi connectivity index (χ0v) is 19.0. The van der Waals surface area contributed by atoms with Gasteiger partial charge in [-0.25, -0.2) is 4.79 Å². The lowest BCUT2D eigenvalue weighted by atomic mass is 10.0. The molecule has 1 N–H and O–H groups in total. The standard InChI is InChI=1S/C26H26ClN3O2/c1-18-4-5-19(2)21(16-18)17-29-14-3-15-30(26(29)32)24-12-10-23(11-13-24)28-25(31)20-6-8-22(27)9-7-20/h4-13,16H,3,14-15,17H2,1-2H3,(H,28,31). The van der Waals surface area contributed by atoms with Gasteiger partial charge in [0, 0.05) is 41.6 Å². The third-order valence-electron chi connectivity index (χ3n) is 5.72. The number of aryl methyl sites for hydroxylation is 2. The minimum Gasteiger partial charge on any atom is -0.322 e. The fraction of sp³-hybridized carbons (Fsp3) is 0.231. The molecule has 3 amide bonds. The Morgan fingerprint density at radius 3 is 2.41 bits per heavy atom. The van der Waals surface area contributed by atoms with Crippen molar-refractivity contribution < 1.29 is 9.59 Å². The minimum absolute atomic E-state index is 0.00936. The SMILES string of the molecule is Cc1ccc(C)c(CN2CCCN(c3ccc(NC(=O)c4ccc(Cl)cc4)cc3)C2=O)c1. The lowest BCUT2D eigenvalue weighted by Crippen LogP contribution is -2.49. The molecule has 0 radical (unpaired) electrons. The zero-order valence-electron chi connectivity index (χ0n) is 18.3. The number of amides is 3. The molecule has 5 nitrogen and oxygen atoms in total. The van der Waals surface area contributed by atoms with Crippen LogP contribution in [0.4, 0.5) is 16.2 Å². The van der Waals surface area contributed by atoms with Crippen molar-refractivity contribution in [2.75, 3.05) is 23.3 Å². The van der Waals surface area contributed by atoms with Gasteiger partial charge in [-0.15, -0.1) is 0 Å². The fourth-order valence-corrected chi connectivity index (χ4v) is 4.00. The number of benzene rings is 3. The van der Waals surface area contributed by atoms with Crippen LogP contribution < -0.4 is 10.2 Å². The lowest BCUT2D eigenvalue weighted by molar-refractivity contribution is 0.102. The molecule has 1 saturated heterocycles. The van der Waals surface area contributed by atoms with Crippen LogP contribution in [-0.4, -0.2) is 29.9 Å². The Hall–Kier alpha value is -3.31. The summed E-state index contributed by atoms with van der Waals surface area (Å²) < 4.78 is 0. The molecule has 32 heavy (non-hydrogen) atoms. The molecule has 1 heterocycles. The first-order valence-corrected chi connectivity index (χ1v) is 11.1. The Bertz CT molecular complexity index is 1130. The number of carbonyl (C=O) groups excluding carboxylic acids is 2. The van der Waals surface area contributed by atoms with Crippen molar-refractivity contribution in [1.29, 1.82) is 0 Å². The first kappa shape index (κ1) is 21.9. The van der Waals surface area contributed by atoms with Gasteiger partial charge in [0.05, 0.1) is 0 Å². The van der Waals surface area contributed by atoms with Crippen LogP contribution in [0.25, 0.3) is 0 Å². The van der Waals surface area contributed by atoms with Gasteiger partial charge < -0.3 is 10.2 Å². The highest BCUT2D eigenvalue weighted by Gasteiger charge is 2.27. The van der Waals surface area contributed by atoms with Gasteiger partial charge in [-0.2, -0.15) is 0 Å². The summed E-state index contributed by atoms with van der Waals surface area (Å²) in [5.74, 6) is -0.205. The number of nitrogens with one attached hydrogen (secondary N) is 1. The zero-order chi connectivity index (χ0) is 22.7. The van der Waals surface area contributed by atoms with E-state index in [4.69, 9.17) is 11.6 Å². The first-order chi connectivity index (χ1) is 15.4. The maximum atomic E-state index is 13.2. The van der Waals surface area contributed by atoms with Crippen molar-refractivity contribution in [3.05, 3.63) is 94.0 Å². The summed E-state index contributed by atoms with van der Waals surface area (Å²) in [4.78, 5) is 29.3. The normalized spacial score (nSPS) is 13.9. The second-order valence-electron chi connectivity index (χ2n) is 8.15. The van der Waals surface area contributed by atoms with E-state index in [0.29, 0.717) is 29.4 Å². The van der Waals surface area contributed by atoms with Crippen molar-refractivity contribution in [3.8, 4) is 0 Å². The summed E-state index contributed by atoms with van der Waals surface area (Å²) in [5, 5.41) is 3.46. The number of nitrogens with zero attached hydrogens (tertiary/aromatic N) is 2. The molecule has 0 bridgehead atoms. The van der Waals surface area contributed by atoms with Gasteiger partial charge in [-0.3, -0.25) is 9.69 Å². The van der Waals surface area contributed by atoms with Crippen LogP contribution in [-0.2, 0) is 6.54 Å². The smallest absolute Gasteiger partial charge is 0.322 e. The van der Waals surface area contributed by atoms with E-state index < -0.39 is 0 Å². The molecule has 1 aliphatic heterocycles. The molecule has 3 aromatic carbocycles. The summed E-state index contributed by atoms with van der Waals surface area (Å²) in [6, 6.07) is 20.5. The monoisotopic (exact) mass is 447 g/mol. The molecule has 0 aliphatic carbocycles. The Kier molecular flexibility index (Phi) is 6.47. The molecular weight excluding hydrogens is 422 g/mol. The second kappa shape index (κ2) is 9.45. The van der Waals surface area contributed by atoms with Crippen LogP contribution in [0, 0.1) is 13.8 Å². The van der Waals surface area contributed by atoms with Crippen LogP contribution in [0.2, 0.25) is 5.02 Å². The molecule has 6 heteroatoms. The van der Waals surface area contributed by atoms with Gasteiger partial charge >= 0.3 is 6.03 Å². The Morgan fingerprint density at radius 2 is 1.69 bits per heavy atom. The van der Waals surface area contributed by atoms with Gasteiger partial charge in [0.15, 0.2) is 0 Å². The average Bonchev–Trinajstić information content (AvgIpc) is 2.79. The quantitative estimate of drug-likeness (QED) is 0.518. The van der Waals surface area contributed by atoms with Crippen LogP contribution in [0.3, 0.4) is 0 Å². The Balaban J connectivity index is 1.43. The van der Waals surface area contributed by atoms with Crippen LogP contribution in [0.1, 0.15) is 33.5 Å². The van der Waals surface area contributed by atoms with Crippen molar-refractivity contribution in [2.45, 2.75) is 26.8 Å². The van der Waals surface area contributed by atoms with E-state index in [0.717, 1.165) is 18.7 Å². The number of hydrogen-bond acceptors (Lipinski definition) is 2. The van der Waals surface area contributed by atoms with Crippen LogP contribution in [0.15, 0.2) is 66.7 Å². The number of hydrogen-bond donors (Lipinski definition) is 1. The van der Waals surface area contributed by atoms with Gasteiger partial charge in [0.2, 0.25) is 0 Å². The van der Waals surface area contributed by atoms with Crippen molar-refractivity contribution in [3.63, 3.8) is 0 Å². The summed E-state index contributed by atoms with van der Waals surface area (Å²) in [6.45, 7) is 6.19. The van der Waals surface area contributed by atoms with E-state index in [1.807, 2.05) is 29.2 Å². The Morgan fingerprint density at radius 1 is 0.969 bits per heavy atom. The van der Waals surface area contributed by atoms with E-state index in [1.165, 1.54) is 16.7 Å². The number of halogens is 1. The largest absolute Gasteiger partial charge is 0.324 e. The average molecular weight is 448 g/mol. The predicted octanol–water partition coefficient (Wildman–Crippen LogP) is 6.04. The molecule has 0 aromatic heterocycles. The highest BCUT2D eigenvalue weighted by atomic mass is 35.5. The second-order valence-corrected chi connectivity index (χ2v) is 8.58. The minimum atomic E-state index is -0.205. The lowest BCUT2D eigenvalue weighted by Gasteiger charge is -2.36. The van der Waals surface area contributed by atoms with E-state index in [-0.39, 0.29) is 11.9 Å². The van der Waals surface area contributed by atoms with Crippen molar-refractivity contribution in [1.82, 2.24) is 4.90 Å². The number of carbonyl (C=O) groups is 2. The summed E-state index contributed by atoms with van der Waals surface area (Å²) in [5.41, 5.74) is 5.60. The summed E-state index contributed by atoms with van der Waals surface area (Å²) in [7, 11) is 0. The molecule has 0 saturated carbocycles. The van der Waals surface area contributed by atoms with E-state index in [9.17, 15) is 9.59 Å². The highest BCUT2D eigenvalue weighted by molar-refractivity contribution is 6.30. The molecular formula is C26H26ClN3O2. The first-order valence-electron chi connectivity index (χ1n) is 10.7. The summed E-state index contributed by atoms with van der Waals surface area (Å²) in [6.07, 6.45) is 0.908. The molecule has 0 unspecified atom stereocenters. The predicted molar refractivity (Wildman–Crippen MR) is 130 cm³/mol. The molecule has 3 aromatic rings. The molecule has 164 valence electrons. The molecule has 0 spiro atoms. The van der Waals surface area contributed by atoms with Gasteiger partial charge in [-0.05, 0) is 79.9 Å². The van der Waals surface area contributed by atoms with Crippen molar-refractivity contribution >= 4 is 34.9 Å². The number of urea groups is 1. The van der Waals surface area contributed by atoms with Crippen LogP contribution >= 0.6 is 11.6 Å². The fourth-order valence-electron chi connectivity index (χ4n) is 3.87. The van der Waals surface area contributed by atoms with E-state index in [1.54, 1.807) is 29.2 Å². The molecule has 4 rings (SSSR count). The topological polar surface area (TPSA) is 52.6 Å². The van der Waals surface area contributed by atoms with Gasteiger partial charge in [-0.1, -0.05) is 35.4 Å². The number of rotatable bonds is 5. The molecule has 1 aliphatic rings. The van der Waals surface area contributed by atoms with Crippen molar-refractivity contribution in [2.24, 2.45) is 0 Å². The maximum Gasteiger partial charge on any atom is 0.324 e. The molecule has 0 atom stereocenters. The van der Waals surface area contributed by atoms with Gasteiger partial charge in [0.25, 0.3) is 5.91 Å². The summed E-state index contributed by atoms with van der Waals surface area (Å²) >= 11 is 5.88. The highest BCUT2D eigenvalue weighted by Crippen LogP contribution is 2.24. The number of anilines is 2. The Labute approximate surface area is 193 Å². The third-order valence-corrected chi connectivity index (χ3v) is 5.97. The molecule has 1 fully saturated rings. The van der Waals surface area contributed by atoms with E-state index in [2.05, 4.69) is 37.4 Å². The van der Waals surface area contributed by atoms with E-state index >= 15 is 0 Å². The maximum absolute atomic E-state index is 13.2. The van der Waals surface area contributed by atoms with Crippen LogP contribution in [0.5, 0.6) is 0 Å². The third kappa shape index (κ3) is 4.94.